The zero-order valence-corrected chi connectivity index (χ0v) is 18.4. The normalized spacial score (nSPS) is 24.1. The summed E-state index contributed by atoms with van der Waals surface area (Å²) in [5.74, 6) is 0.0236. The minimum absolute atomic E-state index is 0.0930. The summed E-state index contributed by atoms with van der Waals surface area (Å²) in [6.07, 6.45) is 0.236. The number of benzene rings is 2. The van der Waals surface area contributed by atoms with Gasteiger partial charge in [0.1, 0.15) is 0 Å². The molecule has 2 aliphatic rings. The summed E-state index contributed by atoms with van der Waals surface area (Å²) in [5.41, 5.74) is 5.11. The van der Waals surface area contributed by atoms with Gasteiger partial charge in [-0.3, -0.25) is 4.79 Å². The number of nitrogens with zero attached hydrogens (tertiary/aromatic N) is 2. The van der Waals surface area contributed by atoms with Gasteiger partial charge in [0.05, 0.1) is 24.0 Å². The molecule has 0 radical (unpaired) electrons. The van der Waals surface area contributed by atoms with Crippen molar-refractivity contribution < 1.29 is 13.2 Å². The number of hydrogen-bond donors (Lipinski definition) is 0. The Labute approximate surface area is 176 Å². The van der Waals surface area contributed by atoms with Crippen molar-refractivity contribution in [2.24, 2.45) is 4.99 Å². The first-order valence-electron chi connectivity index (χ1n) is 9.63. The average molecular weight is 429 g/mol. The number of thioether (sulfide) groups is 1. The number of anilines is 1. The van der Waals surface area contributed by atoms with Crippen molar-refractivity contribution in [3.63, 3.8) is 0 Å². The number of sulfone groups is 1. The number of amidine groups is 1. The predicted molar refractivity (Wildman–Crippen MR) is 120 cm³/mol. The number of hydrogen-bond acceptors (Lipinski definition) is 4. The van der Waals surface area contributed by atoms with Gasteiger partial charge in [0, 0.05) is 10.9 Å². The Morgan fingerprint density at radius 3 is 2.48 bits per heavy atom. The lowest BCUT2D eigenvalue weighted by molar-refractivity contribution is -0.117. The lowest BCUT2D eigenvalue weighted by Crippen LogP contribution is -2.38. The van der Waals surface area contributed by atoms with Crippen LogP contribution in [0, 0.1) is 20.8 Å². The van der Waals surface area contributed by atoms with Crippen LogP contribution in [0.3, 0.4) is 0 Å². The van der Waals surface area contributed by atoms with Gasteiger partial charge in [-0.05, 0) is 37.5 Å². The van der Waals surface area contributed by atoms with E-state index in [4.69, 9.17) is 0 Å². The van der Waals surface area contributed by atoms with E-state index in [1.54, 1.807) is 0 Å². The number of amides is 1. The zero-order valence-electron chi connectivity index (χ0n) is 16.8. The maximum atomic E-state index is 12.7. The smallest absolute Gasteiger partial charge is 0.252 e. The molecular weight excluding hydrogens is 404 g/mol. The van der Waals surface area contributed by atoms with E-state index in [9.17, 15) is 13.2 Å². The molecular formula is C22H24N2O3S2. The second-order valence-corrected chi connectivity index (χ2v) is 11.2. The van der Waals surface area contributed by atoms with Crippen LogP contribution in [0.4, 0.5) is 5.69 Å². The summed E-state index contributed by atoms with van der Waals surface area (Å²) in [6, 6.07) is 13.7. The van der Waals surface area contributed by atoms with E-state index >= 15 is 0 Å². The van der Waals surface area contributed by atoms with Gasteiger partial charge < -0.3 is 4.90 Å². The van der Waals surface area contributed by atoms with Crippen LogP contribution in [-0.2, 0) is 21.1 Å². The largest absolute Gasteiger partial charge is 0.315 e. The van der Waals surface area contributed by atoms with Crippen LogP contribution in [0.1, 0.15) is 22.3 Å². The van der Waals surface area contributed by atoms with Crippen LogP contribution in [0.15, 0.2) is 47.5 Å². The van der Waals surface area contributed by atoms with Crippen molar-refractivity contribution in [1.29, 1.82) is 0 Å². The summed E-state index contributed by atoms with van der Waals surface area (Å²) in [4.78, 5) is 19.2. The molecule has 0 N–H and O–H groups in total. The highest BCUT2D eigenvalue weighted by Crippen LogP contribution is 2.43. The van der Waals surface area contributed by atoms with Gasteiger partial charge in [0.15, 0.2) is 15.0 Å². The monoisotopic (exact) mass is 428 g/mol. The highest BCUT2D eigenvalue weighted by Gasteiger charge is 2.49. The first kappa shape index (κ1) is 20.2. The van der Waals surface area contributed by atoms with E-state index in [1.807, 2.05) is 68.1 Å². The summed E-state index contributed by atoms with van der Waals surface area (Å²) in [5, 5.41) is 0.523. The average Bonchev–Trinajstić information content (AvgIpc) is 3.07. The van der Waals surface area contributed by atoms with Crippen molar-refractivity contribution in [2.75, 3.05) is 16.4 Å². The van der Waals surface area contributed by atoms with Crippen molar-refractivity contribution in [3.8, 4) is 0 Å². The third-order valence-electron chi connectivity index (χ3n) is 5.41. The van der Waals surface area contributed by atoms with E-state index < -0.39 is 9.84 Å². The van der Waals surface area contributed by atoms with Crippen LogP contribution >= 0.6 is 11.8 Å². The number of aliphatic imine (C=N–C) groups is 1. The number of para-hydroxylation sites is 1. The summed E-state index contributed by atoms with van der Waals surface area (Å²) < 4.78 is 24.5. The van der Waals surface area contributed by atoms with E-state index in [-0.39, 0.29) is 35.1 Å². The molecule has 2 saturated heterocycles. The molecule has 5 nitrogen and oxygen atoms in total. The van der Waals surface area contributed by atoms with Gasteiger partial charge in [-0.15, -0.1) is 0 Å². The van der Waals surface area contributed by atoms with Crippen LogP contribution in [0.5, 0.6) is 0 Å². The summed E-state index contributed by atoms with van der Waals surface area (Å²) in [6.45, 7) is 6.02. The van der Waals surface area contributed by atoms with E-state index in [0.29, 0.717) is 5.17 Å². The molecule has 1 amide bonds. The van der Waals surface area contributed by atoms with Gasteiger partial charge in [0.2, 0.25) is 0 Å². The van der Waals surface area contributed by atoms with Crippen molar-refractivity contribution in [3.05, 3.63) is 64.7 Å². The fourth-order valence-electron chi connectivity index (χ4n) is 4.15. The standard InChI is InChI=1S/C22H24N2O3S2/c1-14-6-4-9-17(10-14)11-20(25)23-22-24(21-15(2)7-5-8-16(21)3)18-12-29(26,27)13-19(18)28-22/h4-10,18-19H,11-13H2,1-3H3. The second-order valence-electron chi connectivity index (χ2n) is 7.86. The van der Waals surface area contributed by atoms with Gasteiger partial charge in [-0.2, -0.15) is 4.99 Å². The number of carbonyl (C=O) groups is 1. The van der Waals surface area contributed by atoms with Crippen LogP contribution in [-0.4, -0.2) is 42.3 Å². The molecule has 0 aromatic heterocycles. The molecule has 2 unspecified atom stereocenters. The summed E-state index contributed by atoms with van der Waals surface area (Å²) in [7, 11) is -3.08. The lowest BCUT2D eigenvalue weighted by atomic mass is 10.1. The van der Waals surface area contributed by atoms with Crippen LogP contribution in [0.25, 0.3) is 0 Å². The molecule has 152 valence electrons. The fourth-order valence-corrected chi connectivity index (χ4v) is 8.07. The van der Waals surface area contributed by atoms with Crippen molar-refractivity contribution in [1.82, 2.24) is 0 Å². The molecule has 2 aliphatic heterocycles. The third kappa shape index (κ3) is 4.12. The molecule has 2 heterocycles. The Kier molecular flexibility index (Phi) is 5.29. The maximum Gasteiger partial charge on any atom is 0.252 e. The first-order valence-corrected chi connectivity index (χ1v) is 12.3. The Morgan fingerprint density at radius 1 is 1.10 bits per heavy atom. The SMILES string of the molecule is Cc1cccc(CC(=O)N=C2SC3CS(=O)(=O)CC3N2c2c(C)cccc2C)c1. The molecule has 2 atom stereocenters. The molecule has 2 aromatic carbocycles. The first-order chi connectivity index (χ1) is 13.7. The Morgan fingerprint density at radius 2 is 1.79 bits per heavy atom. The second kappa shape index (κ2) is 7.61. The quantitative estimate of drug-likeness (QED) is 0.749. The molecule has 4 rings (SSSR count). The molecule has 0 aliphatic carbocycles. The molecule has 29 heavy (non-hydrogen) atoms. The number of fused-ring (bicyclic) bond motifs is 1. The highest BCUT2D eigenvalue weighted by molar-refractivity contribution is 8.16. The minimum Gasteiger partial charge on any atom is -0.315 e. The minimum atomic E-state index is -3.08. The van der Waals surface area contributed by atoms with Gasteiger partial charge >= 0.3 is 0 Å². The van der Waals surface area contributed by atoms with Crippen molar-refractivity contribution in [2.45, 2.75) is 38.5 Å². The van der Waals surface area contributed by atoms with E-state index in [0.717, 1.165) is 27.9 Å². The van der Waals surface area contributed by atoms with E-state index in [1.165, 1.54) is 11.8 Å². The van der Waals surface area contributed by atoms with Gasteiger partial charge in [0.25, 0.3) is 5.91 Å². The Bertz CT molecular complexity index is 1090. The lowest BCUT2D eigenvalue weighted by Gasteiger charge is -2.28. The number of rotatable bonds is 3. The molecule has 0 bridgehead atoms. The number of carbonyl (C=O) groups excluding carboxylic acids is 1. The predicted octanol–water partition coefficient (Wildman–Crippen LogP) is 3.46. The van der Waals surface area contributed by atoms with Gasteiger partial charge in [-0.25, -0.2) is 8.42 Å². The molecule has 2 fully saturated rings. The molecule has 7 heteroatoms. The molecule has 0 spiro atoms. The Balaban J connectivity index is 1.70. The van der Waals surface area contributed by atoms with Crippen LogP contribution < -0.4 is 4.90 Å². The number of aryl methyl sites for hydroxylation is 3. The Hall–Kier alpha value is -2.12. The van der Waals surface area contributed by atoms with Crippen LogP contribution in [0.2, 0.25) is 0 Å². The van der Waals surface area contributed by atoms with E-state index in [2.05, 4.69) is 4.99 Å². The maximum absolute atomic E-state index is 12.7. The zero-order chi connectivity index (χ0) is 20.8. The summed E-state index contributed by atoms with van der Waals surface area (Å²) >= 11 is 1.42. The van der Waals surface area contributed by atoms with Crippen molar-refractivity contribution >= 4 is 38.4 Å². The molecule has 2 aromatic rings. The third-order valence-corrected chi connectivity index (χ3v) is 8.61. The fraction of sp³-hybridized carbons (Fsp3) is 0.364. The molecule has 0 saturated carbocycles. The van der Waals surface area contributed by atoms with Gasteiger partial charge in [-0.1, -0.05) is 59.8 Å². The highest BCUT2D eigenvalue weighted by atomic mass is 32.2. The topological polar surface area (TPSA) is 66.8 Å².